The number of rotatable bonds is 5. The molecule has 0 bridgehead atoms. The van der Waals surface area contributed by atoms with Crippen LogP contribution in [0.4, 0.5) is 0 Å². The van der Waals surface area contributed by atoms with E-state index in [1.807, 2.05) is 18.2 Å². The first-order valence-corrected chi connectivity index (χ1v) is 7.60. The Bertz CT molecular complexity index is 474. The zero-order valence-electron chi connectivity index (χ0n) is 11.9. The maximum Gasteiger partial charge on any atom is 0.191 e. The molecule has 0 aliphatic heterocycles. The Labute approximate surface area is 126 Å². The van der Waals surface area contributed by atoms with E-state index in [0.29, 0.717) is 6.04 Å². The second kappa shape index (κ2) is 7.95. The summed E-state index contributed by atoms with van der Waals surface area (Å²) in [5, 5.41) is 7.57. The van der Waals surface area contributed by atoms with E-state index in [1.54, 1.807) is 0 Å². The second-order valence-corrected chi connectivity index (χ2v) is 5.29. The third-order valence-electron chi connectivity index (χ3n) is 3.30. The van der Waals surface area contributed by atoms with Gasteiger partial charge >= 0.3 is 0 Å². The van der Waals surface area contributed by atoms with Crippen LogP contribution in [0.25, 0.3) is 0 Å². The molecule has 0 spiro atoms. The van der Waals surface area contributed by atoms with E-state index in [0.717, 1.165) is 48.9 Å². The van der Waals surface area contributed by atoms with Gasteiger partial charge in [-0.3, -0.25) is 4.99 Å². The van der Waals surface area contributed by atoms with Crippen molar-refractivity contribution in [1.29, 1.82) is 0 Å². The number of guanidine groups is 1. The highest BCUT2D eigenvalue weighted by atomic mass is 35.5. The fraction of sp³-hybridized carbons (Fsp3) is 0.438. The lowest BCUT2D eigenvalue weighted by Crippen LogP contribution is -2.42. The van der Waals surface area contributed by atoms with Crippen molar-refractivity contribution in [3.63, 3.8) is 0 Å². The second-order valence-electron chi connectivity index (χ2n) is 4.89. The summed E-state index contributed by atoms with van der Waals surface area (Å²) in [4.78, 5) is 4.62. The van der Waals surface area contributed by atoms with Gasteiger partial charge in [-0.25, -0.2) is 0 Å². The van der Waals surface area contributed by atoms with E-state index in [4.69, 9.17) is 11.6 Å². The quantitative estimate of drug-likeness (QED) is 0.497. The molecular formula is C16H22ClN3. The molecule has 0 heterocycles. The molecule has 108 valence electrons. The smallest absolute Gasteiger partial charge is 0.191 e. The minimum absolute atomic E-state index is 0.480. The van der Waals surface area contributed by atoms with Gasteiger partial charge in [0.25, 0.3) is 0 Å². The molecule has 0 aromatic heterocycles. The molecule has 1 aliphatic carbocycles. The van der Waals surface area contributed by atoms with Gasteiger partial charge in [-0.1, -0.05) is 42.0 Å². The zero-order valence-corrected chi connectivity index (χ0v) is 12.7. The SMILES string of the molecule is CCNC(=NCCc1ccccc1Cl)NC1CC=CC1. The number of hydrogen-bond acceptors (Lipinski definition) is 1. The summed E-state index contributed by atoms with van der Waals surface area (Å²) in [6, 6.07) is 8.42. The molecule has 1 aromatic carbocycles. The summed E-state index contributed by atoms with van der Waals surface area (Å²) >= 11 is 6.15. The topological polar surface area (TPSA) is 36.4 Å². The van der Waals surface area contributed by atoms with Gasteiger partial charge in [0, 0.05) is 24.2 Å². The Hall–Kier alpha value is -1.48. The number of halogens is 1. The van der Waals surface area contributed by atoms with Crippen molar-refractivity contribution in [1.82, 2.24) is 10.6 Å². The van der Waals surface area contributed by atoms with Crippen LogP contribution < -0.4 is 10.6 Å². The minimum atomic E-state index is 0.480. The van der Waals surface area contributed by atoms with Crippen LogP contribution in [0.5, 0.6) is 0 Å². The van der Waals surface area contributed by atoms with E-state index in [-0.39, 0.29) is 0 Å². The summed E-state index contributed by atoms with van der Waals surface area (Å²) in [7, 11) is 0. The van der Waals surface area contributed by atoms with Gasteiger partial charge in [0.2, 0.25) is 0 Å². The molecule has 20 heavy (non-hydrogen) atoms. The standard InChI is InChI=1S/C16H22ClN3/c1-2-18-16(20-14-8-4-5-9-14)19-12-11-13-7-3-6-10-15(13)17/h3-7,10,14H,2,8-9,11-12H2,1H3,(H2,18,19,20). The Morgan fingerprint density at radius 1 is 1.30 bits per heavy atom. The van der Waals surface area contributed by atoms with E-state index in [9.17, 15) is 0 Å². The molecule has 3 nitrogen and oxygen atoms in total. The van der Waals surface area contributed by atoms with Crippen LogP contribution in [0.3, 0.4) is 0 Å². The average molecular weight is 292 g/mol. The molecule has 0 radical (unpaired) electrons. The lowest BCUT2D eigenvalue weighted by molar-refractivity contribution is 0.633. The summed E-state index contributed by atoms with van der Waals surface area (Å²) in [6.45, 7) is 3.69. The molecule has 1 aromatic rings. The van der Waals surface area contributed by atoms with Gasteiger partial charge in [0.15, 0.2) is 5.96 Å². The highest BCUT2D eigenvalue weighted by Crippen LogP contribution is 2.15. The normalized spacial score (nSPS) is 15.6. The van der Waals surface area contributed by atoms with E-state index >= 15 is 0 Å². The molecule has 0 fully saturated rings. The summed E-state index contributed by atoms with van der Waals surface area (Å²) in [5.41, 5.74) is 1.15. The number of benzene rings is 1. The Morgan fingerprint density at radius 2 is 2.05 bits per heavy atom. The van der Waals surface area contributed by atoms with Gasteiger partial charge in [0.05, 0.1) is 0 Å². The lowest BCUT2D eigenvalue weighted by Gasteiger charge is -2.16. The van der Waals surface area contributed by atoms with Crippen molar-refractivity contribution in [2.75, 3.05) is 13.1 Å². The van der Waals surface area contributed by atoms with Crippen LogP contribution in [0, 0.1) is 0 Å². The molecule has 0 atom stereocenters. The van der Waals surface area contributed by atoms with Gasteiger partial charge in [-0.15, -0.1) is 0 Å². The van der Waals surface area contributed by atoms with Crippen LogP contribution >= 0.6 is 11.6 Å². The molecule has 2 N–H and O–H groups in total. The number of hydrogen-bond donors (Lipinski definition) is 2. The van der Waals surface area contributed by atoms with Crippen LogP contribution in [0.2, 0.25) is 5.02 Å². The molecule has 0 saturated carbocycles. The average Bonchev–Trinajstić information content (AvgIpc) is 2.94. The van der Waals surface area contributed by atoms with Gasteiger partial charge in [-0.2, -0.15) is 0 Å². The predicted molar refractivity (Wildman–Crippen MR) is 86.4 cm³/mol. The summed E-state index contributed by atoms with van der Waals surface area (Å²) < 4.78 is 0. The first kappa shape index (κ1) is 14.9. The summed E-state index contributed by atoms with van der Waals surface area (Å²) in [6.07, 6.45) is 7.44. The highest BCUT2D eigenvalue weighted by Gasteiger charge is 2.11. The predicted octanol–water partition coefficient (Wildman–Crippen LogP) is 3.16. The maximum absolute atomic E-state index is 6.15. The number of nitrogens with one attached hydrogen (secondary N) is 2. The van der Waals surface area contributed by atoms with Crippen LogP contribution in [0.1, 0.15) is 25.3 Å². The van der Waals surface area contributed by atoms with Crippen molar-refractivity contribution in [2.45, 2.75) is 32.2 Å². The van der Waals surface area contributed by atoms with Gasteiger partial charge in [0.1, 0.15) is 0 Å². The molecule has 2 rings (SSSR count). The number of aliphatic imine (C=N–C) groups is 1. The molecule has 0 unspecified atom stereocenters. The Kier molecular flexibility index (Phi) is 5.93. The van der Waals surface area contributed by atoms with Crippen molar-refractivity contribution >= 4 is 17.6 Å². The largest absolute Gasteiger partial charge is 0.357 e. The molecule has 0 amide bonds. The van der Waals surface area contributed by atoms with Crippen molar-refractivity contribution in [2.24, 2.45) is 4.99 Å². The van der Waals surface area contributed by atoms with E-state index < -0.39 is 0 Å². The van der Waals surface area contributed by atoms with Crippen LogP contribution in [0.15, 0.2) is 41.4 Å². The Balaban J connectivity index is 1.86. The fourth-order valence-corrected chi connectivity index (χ4v) is 2.47. The minimum Gasteiger partial charge on any atom is -0.357 e. The van der Waals surface area contributed by atoms with E-state index in [1.165, 1.54) is 0 Å². The Morgan fingerprint density at radius 3 is 2.75 bits per heavy atom. The van der Waals surface area contributed by atoms with Crippen LogP contribution in [-0.4, -0.2) is 25.1 Å². The van der Waals surface area contributed by atoms with Crippen molar-refractivity contribution in [3.05, 3.63) is 47.0 Å². The molecule has 1 aliphatic rings. The van der Waals surface area contributed by atoms with Crippen molar-refractivity contribution < 1.29 is 0 Å². The first-order chi connectivity index (χ1) is 9.79. The highest BCUT2D eigenvalue weighted by molar-refractivity contribution is 6.31. The fourth-order valence-electron chi connectivity index (χ4n) is 2.24. The summed E-state index contributed by atoms with van der Waals surface area (Å²) in [5.74, 6) is 0.897. The molecular weight excluding hydrogens is 270 g/mol. The molecule has 4 heteroatoms. The number of nitrogens with zero attached hydrogens (tertiary/aromatic N) is 1. The van der Waals surface area contributed by atoms with Gasteiger partial charge in [-0.05, 0) is 37.8 Å². The monoisotopic (exact) mass is 291 g/mol. The molecule has 0 saturated heterocycles. The van der Waals surface area contributed by atoms with Gasteiger partial charge < -0.3 is 10.6 Å². The lowest BCUT2D eigenvalue weighted by atomic mass is 10.1. The first-order valence-electron chi connectivity index (χ1n) is 7.23. The van der Waals surface area contributed by atoms with Crippen molar-refractivity contribution in [3.8, 4) is 0 Å². The van der Waals surface area contributed by atoms with E-state index in [2.05, 4.69) is 40.8 Å². The third kappa shape index (κ3) is 4.57. The third-order valence-corrected chi connectivity index (χ3v) is 3.67. The zero-order chi connectivity index (χ0) is 14.2. The van der Waals surface area contributed by atoms with Crippen LogP contribution in [-0.2, 0) is 6.42 Å². The maximum atomic E-state index is 6.15.